The number of aliphatic hydroxyl groups is 1. The number of alkyl halides is 3. The number of hydrogen-bond acceptors (Lipinski definition) is 4. The summed E-state index contributed by atoms with van der Waals surface area (Å²) < 4.78 is 21.5. The Labute approximate surface area is 148 Å². The zero-order valence-electron chi connectivity index (χ0n) is 11.6. The number of para-hydroxylation sites is 2. The lowest BCUT2D eigenvalue weighted by molar-refractivity contribution is 0.156. The van der Waals surface area contributed by atoms with Gasteiger partial charge < -0.3 is 14.2 Å². The van der Waals surface area contributed by atoms with E-state index in [2.05, 4.69) is 5.09 Å². The number of halogens is 3. The highest BCUT2D eigenvalue weighted by atomic mass is 35.6. The van der Waals surface area contributed by atoms with Crippen molar-refractivity contribution in [2.24, 2.45) is 0 Å². The topological polar surface area (TPSA) is 67.8 Å². The van der Waals surface area contributed by atoms with Crippen LogP contribution in [0, 0.1) is 0 Å². The first kappa shape index (κ1) is 18.4. The molecule has 0 aliphatic rings. The molecule has 1 atom stereocenters. The lowest BCUT2D eigenvalue weighted by Crippen LogP contribution is -2.40. The van der Waals surface area contributed by atoms with Gasteiger partial charge in [0.15, 0.2) is 6.23 Å². The van der Waals surface area contributed by atoms with E-state index in [1.807, 2.05) is 0 Å². The van der Waals surface area contributed by atoms with E-state index < -0.39 is 17.8 Å². The standard InChI is InChI=1S/C14H13Cl3NO4P/c15-14(16,17)13(19)18-23(20,21-11-7-3-1-4-8-11)22-12-9-5-2-6-10-12/h1-10,13,19H,(H,18,20)/t13-/m0/s1. The Morgan fingerprint density at radius 1 is 0.913 bits per heavy atom. The summed E-state index contributed by atoms with van der Waals surface area (Å²) in [6.45, 7) is 0. The maximum atomic E-state index is 12.9. The SMILES string of the molecule is O=P(N[C@@H](O)C(Cl)(Cl)Cl)(Oc1ccccc1)Oc1ccccc1. The summed E-state index contributed by atoms with van der Waals surface area (Å²) >= 11 is 16.7. The second-order valence-corrected chi connectivity index (χ2v) is 8.37. The van der Waals surface area contributed by atoms with Crippen molar-refractivity contribution in [1.82, 2.24) is 5.09 Å². The summed E-state index contributed by atoms with van der Waals surface area (Å²) in [5.41, 5.74) is 0. The second kappa shape index (κ2) is 7.75. The van der Waals surface area contributed by atoms with Crippen LogP contribution in [0.3, 0.4) is 0 Å². The number of benzene rings is 2. The van der Waals surface area contributed by atoms with Crippen molar-refractivity contribution >= 4 is 42.5 Å². The predicted molar refractivity (Wildman–Crippen MR) is 91.2 cm³/mol. The quantitative estimate of drug-likeness (QED) is 0.426. The third-order valence-corrected chi connectivity index (χ3v) is 4.61. The molecule has 0 saturated carbocycles. The maximum absolute atomic E-state index is 12.9. The monoisotopic (exact) mass is 395 g/mol. The van der Waals surface area contributed by atoms with E-state index in [9.17, 15) is 9.67 Å². The molecule has 0 amide bonds. The van der Waals surface area contributed by atoms with Crippen molar-refractivity contribution in [3.63, 3.8) is 0 Å². The fourth-order valence-electron chi connectivity index (χ4n) is 1.53. The summed E-state index contributed by atoms with van der Waals surface area (Å²) in [4.78, 5) is 0. The van der Waals surface area contributed by atoms with Crippen LogP contribution in [-0.2, 0) is 4.57 Å². The summed E-state index contributed by atoms with van der Waals surface area (Å²) in [6, 6.07) is 16.6. The van der Waals surface area contributed by atoms with Crippen LogP contribution in [0.2, 0.25) is 0 Å². The zero-order valence-corrected chi connectivity index (χ0v) is 14.8. The highest BCUT2D eigenvalue weighted by Gasteiger charge is 2.40. The molecule has 0 heterocycles. The highest BCUT2D eigenvalue weighted by Crippen LogP contribution is 2.47. The largest absolute Gasteiger partial charge is 0.515 e. The number of aliphatic hydroxyl groups excluding tert-OH is 1. The third kappa shape index (κ3) is 5.88. The molecule has 0 radical (unpaired) electrons. The van der Waals surface area contributed by atoms with Crippen molar-refractivity contribution < 1.29 is 18.7 Å². The van der Waals surface area contributed by atoms with Gasteiger partial charge in [0.25, 0.3) is 0 Å². The molecule has 124 valence electrons. The minimum Gasteiger partial charge on any atom is -0.404 e. The van der Waals surface area contributed by atoms with Crippen LogP contribution in [0.4, 0.5) is 0 Å². The first-order valence-electron chi connectivity index (χ1n) is 6.40. The van der Waals surface area contributed by atoms with Crippen LogP contribution in [-0.4, -0.2) is 15.1 Å². The van der Waals surface area contributed by atoms with Gasteiger partial charge in [-0.25, -0.2) is 4.57 Å². The van der Waals surface area contributed by atoms with E-state index >= 15 is 0 Å². The summed E-state index contributed by atoms with van der Waals surface area (Å²) in [6.07, 6.45) is -1.77. The van der Waals surface area contributed by atoms with E-state index in [0.29, 0.717) is 0 Å². The van der Waals surface area contributed by atoms with Gasteiger partial charge in [0.2, 0.25) is 3.79 Å². The molecular formula is C14H13Cl3NO4P. The molecule has 0 bridgehead atoms. The van der Waals surface area contributed by atoms with Gasteiger partial charge in [-0.3, -0.25) is 0 Å². The molecule has 2 N–H and O–H groups in total. The van der Waals surface area contributed by atoms with E-state index in [-0.39, 0.29) is 11.5 Å². The number of nitrogens with one attached hydrogen (secondary N) is 1. The van der Waals surface area contributed by atoms with Crippen LogP contribution in [0.25, 0.3) is 0 Å². The molecule has 5 nitrogen and oxygen atoms in total. The molecular weight excluding hydrogens is 383 g/mol. The van der Waals surface area contributed by atoms with Crippen molar-refractivity contribution in [3.8, 4) is 11.5 Å². The Morgan fingerprint density at radius 2 is 1.30 bits per heavy atom. The molecule has 2 rings (SSSR count). The summed E-state index contributed by atoms with van der Waals surface area (Å²) in [7, 11) is -4.07. The lowest BCUT2D eigenvalue weighted by Gasteiger charge is -2.26. The van der Waals surface area contributed by atoms with E-state index in [1.165, 1.54) is 0 Å². The van der Waals surface area contributed by atoms with Gasteiger partial charge >= 0.3 is 7.75 Å². The predicted octanol–water partition coefficient (Wildman–Crippen LogP) is 4.53. The van der Waals surface area contributed by atoms with Crippen molar-refractivity contribution in [1.29, 1.82) is 0 Å². The van der Waals surface area contributed by atoms with Crippen LogP contribution >= 0.6 is 42.5 Å². The normalized spacial score (nSPS) is 13.4. The molecule has 0 spiro atoms. The average Bonchev–Trinajstić information content (AvgIpc) is 2.47. The molecule has 0 unspecified atom stereocenters. The first-order valence-corrected chi connectivity index (χ1v) is 9.08. The minimum absolute atomic E-state index is 0.260. The van der Waals surface area contributed by atoms with Gasteiger partial charge in [-0.2, -0.15) is 5.09 Å². The summed E-state index contributed by atoms with van der Waals surface area (Å²) in [5, 5.41) is 12.0. The van der Waals surface area contributed by atoms with Gasteiger partial charge in [-0.05, 0) is 24.3 Å². The first-order chi connectivity index (χ1) is 10.8. The van der Waals surface area contributed by atoms with E-state index in [4.69, 9.17) is 43.9 Å². The molecule has 0 aliphatic carbocycles. The van der Waals surface area contributed by atoms with Crippen LogP contribution in [0.1, 0.15) is 0 Å². The number of hydrogen-bond donors (Lipinski definition) is 2. The molecule has 2 aromatic carbocycles. The van der Waals surface area contributed by atoms with Gasteiger partial charge in [0.1, 0.15) is 11.5 Å². The fourth-order valence-corrected chi connectivity index (χ4v) is 3.36. The van der Waals surface area contributed by atoms with E-state index in [0.717, 1.165) is 0 Å². The van der Waals surface area contributed by atoms with E-state index in [1.54, 1.807) is 60.7 Å². The molecule has 23 heavy (non-hydrogen) atoms. The van der Waals surface area contributed by atoms with Crippen molar-refractivity contribution in [2.45, 2.75) is 10.0 Å². The van der Waals surface area contributed by atoms with Crippen molar-refractivity contribution in [2.75, 3.05) is 0 Å². The molecule has 2 aromatic rings. The van der Waals surface area contributed by atoms with Gasteiger partial charge in [-0.1, -0.05) is 71.2 Å². The second-order valence-electron chi connectivity index (χ2n) is 4.38. The van der Waals surface area contributed by atoms with Crippen LogP contribution < -0.4 is 14.1 Å². The third-order valence-electron chi connectivity index (χ3n) is 2.53. The Hall–Kier alpha value is -0.940. The van der Waals surface area contributed by atoms with Crippen molar-refractivity contribution in [3.05, 3.63) is 60.7 Å². The molecule has 0 saturated heterocycles. The molecule has 0 fully saturated rings. The fraction of sp³-hybridized carbons (Fsp3) is 0.143. The van der Waals surface area contributed by atoms with Gasteiger partial charge in [0, 0.05) is 0 Å². The minimum atomic E-state index is -4.07. The average molecular weight is 397 g/mol. The smallest absolute Gasteiger partial charge is 0.404 e. The maximum Gasteiger partial charge on any atom is 0.515 e. The van der Waals surface area contributed by atoms with Crippen LogP contribution in [0.5, 0.6) is 11.5 Å². The molecule has 9 heteroatoms. The zero-order chi connectivity index (χ0) is 16.9. The lowest BCUT2D eigenvalue weighted by atomic mass is 10.3. The molecule has 0 aromatic heterocycles. The van der Waals surface area contributed by atoms with Gasteiger partial charge in [0.05, 0.1) is 0 Å². The highest BCUT2D eigenvalue weighted by molar-refractivity contribution is 7.52. The number of rotatable bonds is 6. The Bertz CT molecular complexity index is 621. The Balaban J connectivity index is 2.24. The molecule has 0 aliphatic heterocycles. The van der Waals surface area contributed by atoms with Gasteiger partial charge in [-0.15, -0.1) is 0 Å². The Kier molecular flexibility index (Phi) is 6.20. The summed E-state index contributed by atoms with van der Waals surface area (Å²) in [5.74, 6) is 0.520. The van der Waals surface area contributed by atoms with Crippen LogP contribution in [0.15, 0.2) is 60.7 Å². The Morgan fingerprint density at radius 3 is 1.65 bits per heavy atom.